The zero-order valence-electron chi connectivity index (χ0n) is 17.4. The molecule has 0 atom stereocenters. The fourth-order valence-electron chi connectivity index (χ4n) is 3.47. The monoisotopic (exact) mass is 382 g/mol. The van der Waals surface area contributed by atoms with Gasteiger partial charge in [0.2, 0.25) is 5.95 Å². The van der Waals surface area contributed by atoms with Gasteiger partial charge in [0, 0.05) is 37.1 Å². The Labute approximate surface area is 169 Å². The molecule has 1 heterocycles. The zero-order valence-corrected chi connectivity index (χ0v) is 17.4. The Morgan fingerprint density at radius 3 is 2.82 bits per heavy atom. The molecule has 1 aliphatic rings. The molecular formula is C22H34N6. The lowest BCUT2D eigenvalue weighted by atomic mass is 10.1. The summed E-state index contributed by atoms with van der Waals surface area (Å²) in [5.41, 5.74) is 9.15. The Hall–Kier alpha value is -2.18. The molecule has 0 unspecified atom stereocenters. The lowest BCUT2D eigenvalue weighted by Crippen LogP contribution is -2.22. The Balaban J connectivity index is 1.68. The van der Waals surface area contributed by atoms with Crippen LogP contribution in [0.1, 0.15) is 50.2 Å². The number of hydrogen-bond acceptors (Lipinski definition) is 6. The van der Waals surface area contributed by atoms with Crippen LogP contribution in [0.2, 0.25) is 0 Å². The summed E-state index contributed by atoms with van der Waals surface area (Å²) in [7, 11) is 2.17. The van der Waals surface area contributed by atoms with Crippen LogP contribution in [0, 0.1) is 5.92 Å². The molecule has 1 saturated carbocycles. The topological polar surface area (TPSA) is 79.1 Å². The first-order chi connectivity index (χ1) is 13.5. The minimum absolute atomic E-state index is 0.606. The summed E-state index contributed by atoms with van der Waals surface area (Å²) in [5.74, 6) is 2.85. The highest BCUT2D eigenvalue weighted by atomic mass is 15.1. The van der Waals surface area contributed by atoms with Crippen LogP contribution in [-0.2, 0) is 6.54 Å². The predicted octanol–water partition coefficient (Wildman–Crippen LogP) is 3.95. The van der Waals surface area contributed by atoms with Crippen molar-refractivity contribution in [3.05, 3.63) is 41.6 Å². The van der Waals surface area contributed by atoms with Gasteiger partial charge in [-0.05, 0) is 62.4 Å². The smallest absolute Gasteiger partial charge is 0.229 e. The van der Waals surface area contributed by atoms with E-state index in [2.05, 4.69) is 65.7 Å². The Morgan fingerprint density at radius 1 is 1.29 bits per heavy atom. The van der Waals surface area contributed by atoms with E-state index in [0.29, 0.717) is 24.3 Å². The Bertz CT molecular complexity index is 756. The van der Waals surface area contributed by atoms with Gasteiger partial charge in [0.1, 0.15) is 5.82 Å². The molecule has 0 spiro atoms. The van der Waals surface area contributed by atoms with Crippen molar-refractivity contribution in [3.63, 3.8) is 0 Å². The van der Waals surface area contributed by atoms with Crippen LogP contribution in [0.15, 0.2) is 30.5 Å². The summed E-state index contributed by atoms with van der Waals surface area (Å²) >= 11 is 0. The van der Waals surface area contributed by atoms with Gasteiger partial charge in [0.05, 0.1) is 0 Å². The van der Waals surface area contributed by atoms with E-state index in [1.54, 1.807) is 0 Å². The molecule has 3 rings (SSSR count). The van der Waals surface area contributed by atoms with E-state index in [1.807, 2.05) is 6.20 Å². The average molecular weight is 383 g/mol. The van der Waals surface area contributed by atoms with Gasteiger partial charge in [0.15, 0.2) is 0 Å². The van der Waals surface area contributed by atoms with E-state index in [4.69, 9.17) is 10.7 Å². The third kappa shape index (κ3) is 6.17. The molecule has 0 radical (unpaired) electrons. The standard InChI is InChI=1S/C22H34N6/c1-16(2)14-28(3)15-17-6-4-7-19(12-17)26-22-25-13-20(18-8-9-18)21(27-22)24-11-5-10-23/h4,6-7,12-13,16,18H,5,8-11,14-15,23H2,1-3H3,(H2,24,25,26,27). The number of rotatable bonds is 11. The van der Waals surface area contributed by atoms with Crippen molar-refractivity contribution in [1.29, 1.82) is 0 Å². The van der Waals surface area contributed by atoms with Crippen molar-refractivity contribution in [3.8, 4) is 0 Å². The first-order valence-corrected chi connectivity index (χ1v) is 10.4. The molecule has 1 fully saturated rings. The molecule has 1 aliphatic carbocycles. The Morgan fingerprint density at radius 2 is 2.11 bits per heavy atom. The van der Waals surface area contributed by atoms with Gasteiger partial charge in [-0.15, -0.1) is 0 Å². The summed E-state index contributed by atoms with van der Waals surface area (Å²) in [4.78, 5) is 11.7. The summed E-state index contributed by atoms with van der Waals surface area (Å²) in [6.45, 7) is 8.03. The number of nitrogens with two attached hydrogens (primary N) is 1. The van der Waals surface area contributed by atoms with E-state index >= 15 is 0 Å². The SMILES string of the molecule is CC(C)CN(C)Cc1cccc(Nc2ncc(C3CC3)c(NCCCN)n2)c1. The summed E-state index contributed by atoms with van der Waals surface area (Å²) in [6, 6.07) is 8.49. The molecule has 1 aromatic carbocycles. The van der Waals surface area contributed by atoms with Gasteiger partial charge in [-0.3, -0.25) is 0 Å². The second kappa shape index (κ2) is 9.85. The molecule has 0 amide bonds. The summed E-state index contributed by atoms with van der Waals surface area (Å²) in [6.07, 6.45) is 5.36. The third-order valence-corrected chi connectivity index (χ3v) is 4.82. The van der Waals surface area contributed by atoms with Gasteiger partial charge in [-0.2, -0.15) is 4.98 Å². The molecular weight excluding hydrogens is 348 g/mol. The Kier molecular flexibility index (Phi) is 7.23. The van der Waals surface area contributed by atoms with Crippen molar-refractivity contribution in [2.75, 3.05) is 37.3 Å². The highest BCUT2D eigenvalue weighted by Gasteiger charge is 2.27. The van der Waals surface area contributed by atoms with Gasteiger partial charge in [-0.1, -0.05) is 26.0 Å². The quantitative estimate of drug-likeness (QED) is 0.511. The van der Waals surface area contributed by atoms with E-state index in [0.717, 1.165) is 37.6 Å². The lowest BCUT2D eigenvalue weighted by molar-refractivity contribution is 0.288. The van der Waals surface area contributed by atoms with Crippen LogP contribution < -0.4 is 16.4 Å². The normalized spacial score (nSPS) is 13.9. The van der Waals surface area contributed by atoms with E-state index in [1.165, 1.54) is 24.0 Å². The molecule has 2 aromatic rings. The predicted molar refractivity (Wildman–Crippen MR) is 117 cm³/mol. The highest BCUT2D eigenvalue weighted by Crippen LogP contribution is 2.42. The van der Waals surface area contributed by atoms with Gasteiger partial charge >= 0.3 is 0 Å². The van der Waals surface area contributed by atoms with Gasteiger partial charge in [0.25, 0.3) is 0 Å². The molecule has 152 valence electrons. The van der Waals surface area contributed by atoms with Crippen LogP contribution in [-0.4, -0.2) is 41.5 Å². The minimum atomic E-state index is 0.606. The summed E-state index contributed by atoms with van der Waals surface area (Å²) < 4.78 is 0. The van der Waals surface area contributed by atoms with E-state index in [9.17, 15) is 0 Å². The van der Waals surface area contributed by atoms with Crippen LogP contribution in [0.25, 0.3) is 0 Å². The molecule has 0 saturated heterocycles. The third-order valence-electron chi connectivity index (χ3n) is 4.82. The average Bonchev–Trinajstić information content (AvgIpc) is 3.47. The molecule has 6 heteroatoms. The maximum absolute atomic E-state index is 5.62. The summed E-state index contributed by atoms with van der Waals surface area (Å²) in [5, 5.41) is 6.81. The number of nitrogens with zero attached hydrogens (tertiary/aromatic N) is 3. The van der Waals surface area contributed by atoms with E-state index in [-0.39, 0.29) is 0 Å². The van der Waals surface area contributed by atoms with Gasteiger partial charge in [-0.25, -0.2) is 4.98 Å². The second-order valence-electron chi connectivity index (χ2n) is 8.26. The van der Waals surface area contributed by atoms with Crippen LogP contribution in [0.3, 0.4) is 0 Å². The van der Waals surface area contributed by atoms with Crippen molar-refractivity contribution < 1.29 is 0 Å². The number of anilines is 3. The van der Waals surface area contributed by atoms with Crippen LogP contribution in [0.4, 0.5) is 17.5 Å². The van der Waals surface area contributed by atoms with Crippen LogP contribution in [0.5, 0.6) is 0 Å². The maximum Gasteiger partial charge on any atom is 0.229 e. The number of nitrogens with one attached hydrogen (secondary N) is 2. The molecule has 1 aromatic heterocycles. The fraction of sp³-hybridized carbons (Fsp3) is 0.545. The number of benzene rings is 1. The minimum Gasteiger partial charge on any atom is -0.370 e. The molecule has 4 N–H and O–H groups in total. The second-order valence-corrected chi connectivity index (χ2v) is 8.26. The van der Waals surface area contributed by atoms with Crippen molar-refractivity contribution >= 4 is 17.5 Å². The molecule has 6 nitrogen and oxygen atoms in total. The molecule has 0 bridgehead atoms. The molecule has 28 heavy (non-hydrogen) atoms. The van der Waals surface area contributed by atoms with Crippen molar-refractivity contribution in [2.24, 2.45) is 11.7 Å². The highest BCUT2D eigenvalue weighted by molar-refractivity contribution is 5.58. The van der Waals surface area contributed by atoms with Gasteiger partial charge < -0.3 is 21.3 Å². The largest absolute Gasteiger partial charge is 0.370 e. The van der Waals surface area contributed by atoms with E-state index < -0.39 is 0 Å². The number of hydrogen-bond donors (Lipinski definition) is 3. The van der Waals surface area contributed by atoms with Crippen molar-refractivity contribution in [2.45, 2.75) is 45.6 Å². The number of aromatic nitrogens is 2. The first kappa shape index (κ1) is 20.6. The fourth-order valence-corrected chi connectivity index (χ4v) is 3.47. The van der Waals surface area contributed by atoms with Crippen LogP contribution >= 0.6 is 0 Å². The molecule has 0 aliphatic heterocycles. The first-order valence-electron chi connectivity index (χ1n) is 10.4. The maximum atomic E-state index is 5.62. The van der Waals surface area contributed by atoms with Crippen molar-refractivity contribution in [1.82, 2.24) is 14.9 Å². The lowest BCUT2D eigenvalue weighted by Gasteiger charge is -2.19. The zero-order chi connectivity index (χ0) is 19.9.